The van der Waals surface area contributed by atoms with E-state index in [1.54, 1.807) is 31.3 Å². The highest BCUT2D eigenvalue weighted by Gasteiger charge is 2.12. The summed E-state index contributed by atoms with van der Waals surface area (Å²) in [4.78, 5) is 14.6. The van der Waals surface area contributed by atoms with Crippen molar-refractivity contribution in [2.75, 3.05) is 7.05 Å². The number of benzene rings is 1. The molecule has 5 heteroatoms. The molecule has 1 aromatic rings. The lowest BCUT2D eigenvalue weighted by atomic mass is 9.88. The van der Waals surface area contributed by atoms with Crippen LogP contribution in [0.3, 0.4) is 0 Å². The van der Waals surface area contributed by atoms with Crippen molar-refractivity contribution in [3.05, 3.63) is 58.2 Å². The number of hydrogen-bond acceptors (Lipinski definition) is 5. The van der Waals surface area contributed by atoms with Gasteiger partial charge in [0.15, 0.2) is 6.23 Å². The molecule has 1 atom stereocenters. The number of nitrogens with zero attached hydrogens (tertiary/aromatic N) is 2. The van der Waals surface area contributed by atoms with Crippen molar-refractivity contribution in [2.45, 2.75) is 46.8 Å². The molecule has 1 rings (SSSR count). The van der Waals surface area contributed by atoms with Crippen LogP contribution in [0.15, 0.2) is 57.9 Å². The Morgan fingerprint density at radius 2 is 1.92 bits per heavy atom. The van der Waals surface area contributed by atoms with Crippen LogP contribution in [-0.4, -0.2) is 18.4 Å². The van der Waals surface area contributed by atoms with E-state index in [2.05, 4.69) is 36.3 Å². The number of nitrogens with one attached hydrogen (secondary N) is 1. The molecule has 1 unspecified atom stereocenters. The lowest BCUT2D eigenvalue weighted by Crippen LogP contribution is -2.19. The standard InChI is InChI=1S/C20H29N3O2/c1-6-17(13-15(14-21-5)11-12-20(2,3)4)22-19(24)16-7-9-18(23-25)10-8-16/h6-10,13-14,19,22,24H,11-12H2,1-5H3/b15-13-,17-6+,21-14-. The molecule has 0 spiro atoms. The van der Waals surface area contributed by atoms with Gasteiger partial charge < -0.3 is 10.4 Å². The predicted molar refractivity (Wildman–Crippen MR) is 105 cm³/mol. The summed E-state index contributed by atoms with van der Waals surface area (Å²) in [6, 6.07) is 6.52. The van der Waals surface area contributed by atoms with Crippen molar-refractivity contribution in [2.24, 2.45) is 15.6 Å². The van der Waals surface area contributed by atoms with E-state index in [1.807, 2.05) is 25.3 Å². The van der Waals surface area contributed by atoms with E-state index in [0.29, 0.717) is 11.3 Å². The minimum absolute atomic E-state index is 0.248. The SMILES string of the molecule is C\C=C(/C=C(\C=N/C)CCC(C)(C)C)NC(O)c1ccc(N=O)cc1. The van der Waals surface area contributed by atoms with Gasteiger partial charge in [0.2, 0.25) is 0 Å². The Balaban J connectivity index is 2.85. The highest BCUT2D eigenvalue weighted by Crippen LogP contribution is 2.24. The van der Waals surface area contributed by atoms with Gasteiger partial charge in [-0.2, -0.15) is 0 Å². The molecular formula is C20H29N3O2. The number of rotatable bonds is 8. The monoisotopic (exact) mass is 343 g/mol. The van der Waals surface area contributed by atoms with Crippen LogP contribution in [0.25, 0.3) is 0 Å². The summed E-state index contributed by atoms with van der Waals surface area (Å²) in [6.45, 7) is 8.55. The molecule has 0 amide bonds. The largest absolute Gasteiger partial charge is 0.369 e. The quantitative estimate of drug-likeness (QED) is 0.301. The number of allylic oxidation sites excluding steroid dienone is 3. The molecule has 0 heterocycles. The molecule has 0 aliphatic heterocycles. The Bertz CT molecular complexity index is 638. The second-order valence-electron chi connectivity index (χ2n) is 7.14. The minimum atomic E-state index is -0.870. The number of aliphatic hydroxyl groups is 1. The van der Waals surface area contributed by atoms with Crippen LogP contribution in [0.4, 0.5) is 5.69 Å². The van der Waals surface area contributed by atoms with Gasteiger partial charge >= 0.3 is 0 Å². The van der Waals surface area contributed by atoms with Crippen LogP contribution in [0.5, 0.6) is 0 Å². The first-order valence-electron chi connectivity index (χ1n) is 8.46. The molecule has 0 fully saturated rings. The summed E-state index contributed by atoms with van der Waals surface area (Å²) in [7, 11) is 1.76. The van der Waals surface area contributed by atoms with Gasteiger partial charge in [-0.3, -0.25) is 4.99 Å². The molecule has 0 aliphatic rings. The molecule has 0 radical (unpaired) electrons. The Morgan fingerprint density at radius 1 is 1.28 bits per heavy atom. The lowest BCUT2D eigenvalue weighted by molar-refractivity contribution is 0.153. The van der Waals surface area contributed by atoms with Gasteiger partial charge in [-0.15, -0.1) is 4.91 Å². The number of aliphatic hydroxyl groups excluding tert-OH is 1. The maximum Gasteiger partial charge on any atom is 0.150 e. The first-order valence-corrected chi connectivity index (χ1v) is 8.46. The number of nitroso groups, excluding NO2 is 1. The van der Waals surface area contributed by atoms with Crippen LogP contribution in [0.1, 0.15) is 52.3 Å². The Kier molecular flexibility index (Phi) is 8.22. The fraction of sp³-hybridized carbons (Fsp3) is 0.450. The van der Waals surface area contributed by atoms with Gasteiger partial charge in [0.25, 0.3) is 0 Å². The third kappa shape index (κ3) is 7.90. The molecule has 0 aromatic heterocycles. The zero-order valence-electron chi connectivity index (χ0n) is 15.8. The van der Waals surface area contributed by atoms with E-state index >= 15 is 0 Å². The highest BCUT2D eigenvalue weighted by atomic mass is 16.3. The zero-order chi connectivity index (χ0) is 18.9. The topological polar surface area (TPSA) is 74.1 Å². The van der Waals surface area contributed by atoms with E-state index in [0.717, 1.165) is 24.1 Å². The van der Waals surface area contributed by atoms with Crippen molar-refractivity contribution in [1.29, 1.82) is 0 Å². The van der Waals surface area contributed by atoms with Gasteiger partial charge in [-0.1, -0.05) is 39.0 Å². The number of aliphatic imine (C=N–C) groups is 1. The molecule has 5 nitrogen and oxygen atoms in total. The van der Waals surface area contributed by atoms with E-state index in [-0.39, 0.29) is 5.41 Å². The van der Waals surface area contributed by atoms with Gasteiger partial charge in [-0.25, -0.2) is 0 Å². The van der Waals surface area contributed by atoms with E-state index in [9.17, 15) is 10.0 Å². The first kappa shape index (κ1) is 20.8. The van der Waals surface area contributed by atoms with Crippen LogP contribution in [0, 0.1) is 10.3 Å². The Hall–Kier alpha value is -2.27. The van der Waals surface area contributed by atoms with E-state index in [4.69, 9.17) is 0 Å². The predicted octanol–water partition coefficient (Wildman–Crippen LogP) is 5.02. The molecule has 0 aliphatic carbocycles. The summed E-state index contributed by atoms with van der Waals surface area (Å²) < 4.78 is 0. The third-order valence-corrected chi connectivity index (χ3v) is 3.73. The maximum absolute atomic E-state index is 10.5. The van der Waals surface area contributed by atoms with Crippen LogP contribution < -0.4 is 5.32 Å². The third-order valence-electron chi connectivity index (χ3n) is 3.73. The van der Waals surface area contributed by atoms with Crippen molar-refractivity contribution in [3.63, 3.8) is 0 Å². The lowest BCUT2D eigenvalue weighted by Gasteiger charge is -2.19. The second kappa shape index (κ2) is 9.89. The average Bonchev–Trinajstić information content (AvgIpc) is 2.58. The smallest absolute Gasteiger partial charge is 0.150 e. The molecule has 2 N–H and O–H groups in total. The van der Waals surface area contributed by atoms with E-state index in [1.165, 1.54) is 0 Å². The molecule has 1 aromatic carbocycles. The summed E-state index contributed by atoms with van der Waals surface area (Å²) in [6.07, 6.45) is 6.85. The summed E-state index contributed by atoms with van der Waals surface area (Å²) in [5.41, 5.74) is 3.17. The fourth-order valence-corrected chi connectivity index (χ4v) is 2.23. The summed E-state index contributed by atoms with van der Waals surface area (Å²) in [5, 5.41) is 16.3. The summed E-state index contributed by atoms with van der Waals surface area (Å²) >= 11 is 0. The van der Waals surface area contributed by atoms with E-state index < -0.39 is 6.23 Å². The average molecular weight is 343 g/mol. The minimum Gasteiger partial charge on any atom is -0.369 e. The van der Waals surface area contributed by atoms with Gasteiger partial charge in [0.1, 0.15) is 5.69 Å². The molecule has 136 valence electrons. The van der Waals surface area contributed by atoms with Gasteiger partial charge in [-0.05, 0) is 54.1 Å². The highest BCUT2D eigenvalue weighted by molar-refractivity contribution is 5.79. The van der Waals surface area contributed by atoms with Gasteiger partial charge in [0.05, 0.1) is 0 Å². The maximum atomic E-state index is 10.5. The van der Waals surface area contributed by atoms with Crippen molar-refractivity contribution in [3.8, 4) is 0 Å². The number of hydrogen-bond donors (Lipinski definition) is 2. The molecule has 0 saturated carbocycles. The zero-order valence-corrected chi connectivity index (χ0v) is 15.8. The van der Waals surface area contributed by atoms with Gasteiger partial charge in [0, 0.05) is 24.5 Å². The first-order chi connectivity index (χ1) is 11.8. The fourth-order valence-electron chi connectivity index (χ4n) is 2.23. The van der Waals surface area contributed by atoms with Crippen molar-refractivity contribution in [1.82, 2.24) is 5.32 Å². The molecule has 25 heavy (non-hydrogen) atoms. The second-order valence-corrected chi connectivity index (χ2v) is 7.14. The molecular weight excluding hydrogens is 314 g/mol. The van der Waals surface area contributed by atoms with Crippen molar-refractivity contribution < 1.29 is 5.11 Å². The van der Waals surface area contributed by atoms with Crippen molar-refractivity contribution >= 4 is 11.9 Å². The van der Waals surface area contributed by atoms with Crippen LogP contribution in [-0.2, 0) is 0 Å². The Morgan fingerprint density at radius 3 is 2.40 bits per heavy atom. The Labute approximate surface area is 150 Å². The summed E-state index contributed by atoms with van der Waals surface area (Å²) in [5.74, 6) is 0. The molecule has 0 bridgehead atoms. The normalized spacial score (nSPS) is 14.6. The van der Waals surface area contributed by atoms with Crippen LogP contribution >= 0.6 is 0 Å². The van der Waals surface area contributed by atoms with Crippen LogP contribution in [0.2, 0.25) is 0 Å². The molecule has 0 saturated heterocycles.